The van der Waals surface area contributed by atoms with Crippen LogP contribution in [-0.2, 0) is 4.79 Å². The molecule has 1 saturated carbocycles. The summed E-state index contributed by atoms with van der Waals surface area (Å²) in [5, 5.41) is 3.49. The van der Waals surface area contributed by atoms with Gasteiger partial charge in [-0.2, -0.15) is 0 Å². The van der Waals surface area contributed by atoms with Crippen LogP contribution >= 0.6 is 0 Å². The Labute approximate surface area is 92.8 Å². The van der Waals surface area contributed by atoms with Crippen molar-refractivity contribution >= 4 is 5.78 Å². The third kappa shape index (κ3) is 2.25. The Kier molecular flexibility index (Phi) is 3.45. The minimum absolute atomic E-state index is 0.192. The summed E-state index contributed by atoms with van der Waals surface area (Å²) in [5.74, 6) is 1.05. The molecule has 2 fully saturated rings. The fraction of sp³-hybridized carbons (Fsp3) is 0.923. The standard InChI is InChI=1S/C13H23NO/c1-13(12(15)9-6-10-14-13)11-7-4-2-3-5-8-11/h11,14H,2-10H2,1H3. The van der Waals surface area contributed by atoms with Gasteiger partial charge >= 0.3 is 0 Å². The Balaban J connectivity index is 2.07. The van der Waals surface area contributed by atoms with E-state index >= 15 is 0 Å². The van der Waals surface area contributed by atoms with Crippen LogP contribution in [-0.4, -0.2) is 17.9 Å². The van der Waals surface area contributed by atoms with E-state index in [4.69, 9.17) is 0 Å². The molecule has 1 heterocycles. The largest absolute Gasteiger partial charge is 0.305 e. The molecule has 0 aromatic rings. The fourth-order valence-electron chi connectivity index (χ4n) is 3.18. The molecule has 0 aromatic carbocycles. The highest BCUT2D eigenvalue weighted by Crippen LogP contribution is 2.34. The third-order valence-electron chi connectivity index (χ3n) is 4.32. The van der Waals surface area contributed by atoms with Gasteiger partial charge < -0.3 is 5.32 Å². The van der Waals surface area contributed by atoms with Gasteiger partial charge in [-0.15, -0.1) is 0 Å². The maximum Gasteiger partial charge on any atom is 0.152 e. The van der Waals surface area contributed by atoms with Gasteiger partial charge in [-0.1, -0.05) is 25.7 Å². The molecule has 0 radical (unpaired) electrons. The summed E-state index contributed by atoms with van der Waals surface area (Å²) in [5.41, 5.74) is -0.192. The molecule has 0 spiro atoms. The second-order valence-corrected chi connectivity index (χ2v) is 5.34. The van der Waals surface area contributed by atoms with Crippen LogP contribution in [0.2, 0.25) is 0 Å². The second-order valence-electron chi connectivity index (χ2n) is 5.34. The summed E-state index contributed by atoms with van der Waals surface area (Å²) in [6, 6.07) is 0. The zero-order chi connectivity index (χ0) is 10.7. The lowest BCUT2D eigenvalue weighted by molar-refractivity contribution is -0.129. The molecule has 0 amide bonds. The van der Waals surface area contributed by atoms with E-state index in [9.17, 15) is 4.79 Å². The van der Waals surface area contributed by atoms with Gasteiger partial charge in [-0.25, -0.2) is 0 Å². The SMILES string of the molecule is CC1(C2CCCCCC2)NCCCC1=O. The molecule has 0 bridgehead atoms. The van der Waals surface area contributed by atoms with Crippen molar-refractivity contribution in [2.24, 2.45) is 5.92 Å². The highest BCUT2D eigenvalue weighted by atomic mass is 16.1. The van der Waals surface area contributed by atoms with Crippen LogP contribution in [0.3, 0.4) is 0 Å². The number of hydrogen-bond acceptors (Lipinski definition) is 2. The van der Waals surface area contributed by atoms with Crippen LogP contribution in [0.15, 0.2) is 0 Å². The number of ketones is 1. The zero-order valence-corrected chi connectivity index (χ0v) is 9.85. The van der Waals surface area contributed by atoms with E-state index in [0.29, 0.717) is 11.7 Å². The lowest BCUT2D eigenvalue weighted by atomic mass is 9.74. The zero-order valence-electron chi connectivity index (χ0n) is 9.85. The molecule has 86 valence electrons. The average molecular weight is 209 g/mol. The topological polar surface area (TPSA) is 29.1 Å². The first kappa shape index (κ1) is 11.1. The highest BCUT2D eigenvalue weighted by molar-refractivity contribution is 5.89. The smallest absolute Gasteiger partial charge is 0.152 e. The van der Waals surface area contributed by atoms with Crippen LogP contribution < -0.4 is 5.32 Å². The van der Waals surface area contributed by atoms with E-state index in [1.807, 2.05) is 0 Å². The molecule has 1 unspecified atom stereocenters. The lowest BCUT2D eigenvalue weighted by Crippen LogP contribution is -2.57. The van der Waals surface area contributed by atoms with Gasteiger partial charge in [0.25, 0.3) is 0 Å². The first-order valence-electron chi connectivity index (χ1n) is 6.52. The van der Waals surface area contributed by atoms with Gasteiger partial charge in [-0.3, -0.25) is 4.79 Å². The van der Waals surface area contributed by atoms with Crippen molar-refractivity contribution in [3.63, 3.8) is 0 Å². The molecule has 2 rings (SSSR count). The highest BCUT2D eigenvalue weighted by Gasteiger charge is 2.41. The molecule has 1 aliphatic carbocycles. The van der Waals surface area contributed by atoms with E-state index in [1.165, 1.54) is 38.5 Å². The Hall–Kier alpha value is -0.370. The number of rotatable bonds is 1. The number of piperidine rings is 1. The fourth-order valence-corrected chi connectivity index (χ4v) is 3.18. The molecule has 0 aromatic heterocycles. The van der Waals surface area contributed by atoms with E-state index in [1.54, 1.807) is 0 Å². The minimum atomic E-state index is -0.192. The van der Waals surface area contributed by atoms with Crippen LogP contribution in [0.1, 0.15) is 58.3 Å². The van der Waals surface area contributed by atoms with Gasteiger partial charge in [0, 0.05) is 6.42 Å². The summed E-state index contributed by atoms with van der Waals surface area (Å²) >= 11 is 0. The third-order valence-corrected chi connectivity index (χ3v) is 4.32. The van der Waals surface area contributed by atoms with Gasteiger partial charge in [0.15, 0.2) is 5.78 Å². The van der Waals surface area contributed by atoms with Gasteiger partial charge in [-0.05, 0) is 38.6 Å². The normalized spacial score (nSPS) is 35.1. The van der Waals surface area contributed by atoms with Crippen molar-refractivity contribution in [3.05, 3.63) is 0 Å². The molecule has 1 N–H and O–H groups in total. The van der Waals surface area contributed by atoms with E-state index < -0.39 is 0 Å². The molecule has 2 aliphatic rings. The second kappa shape index (κ2) is 4.65. The summed E-state index contributed by atoms with van der Waals surface area (Å²) in [7, 11) is 0. The maximum absolute atomic E-state index is 12.1. The van der Waals surface area contributed by atoms with Crippen molar-refractivity contribution < 1.29 is 4.79 Å². The molecule has 1 atom stereocenters. The van der Waals surface area contributed by atoms with Gasteiger partial charge in [0.05, 0.1) is 5.54 Å². The van der Waals surface area contributed by atoms with Crippen LogP contribution in [0, 0.1) is 5.92 Å². The summed E-state index contributed by atoms with van der Waals surface area (Å²) < 4.78 is 0. The van der Waals surface area contributed by atoms with E-state index in [2.05, 4.69) is 12.2 Å². The number of carbonyl (C=O) groups is 1. The van der Waals surface area contributed by atoms with Crippen LogP contribution in [0.25, 0.3) is 0 Å². The Morgan fingerprint density at radius 2 is 1.80 bits per heavy atom. The van der Waals surface area contributed by atoms with Gasteiger partial charge in [0.1, 0.15) is 0 Å². The number of hydrogen-bond donors (Lipinski definition) is 1. The van der Waals surface area contributed by atoms with Crippen molar-refractivity contribution in [1.29, 1.82) is 0 Å². The van der Waals surface area contributed by atoms with Crippen LogP contribution in [0.4, 0.5) is 0 Å². The lowest BCUT2D eigenvalue weighted by Gasteiger charge is -2.40. The molecular formula is C13H23NO. The van der Waals surface area contributed by atoms with E-state index in [-0.39, 0.29) is 5.54 Å². The first-order valence-corrected chi connectivity index (χ1v) is 6.52. The van der Waals surface area contributed by atoms with Crippen molar-refractivity contribution in [3.8, 4) is 0 Å². The van der Waals surface area contributed by atoms with Crippen molar-refractivity contribution in [2.45, 2.75) is 63.8 Å². The Bertz CT molecular complexity index is 231. The monoisotopic (exact) mass is 209 g/mol. The molecule has 2 nitrogen and oxygen atoms in total. The quantitative estimate of drug-likeness (QED) is 0.673. The summed E-state index contributed by atoms with van der Waals surface area (Å²) in [6.45, 7) is 3.17. The predicted molar refractivity (Wildman–Crippen MR) is 61.8 cm³/mol. The molecule has 1 aliphatic heterocycles. The molecule has 2 heteroatoms. The van der Waals surface area contributed by atoms with Crippen molar-refractivity contribution in [2.75, 3.05) is 6.54 Å². The molecule has 15 heavy (non-hydrogen) atoms. The first-order chi connectivity index (χ1) is 7.23. The van der Waals surface area contributed by atoms with Gasteiger partial charge in [0.2, 0.25) is 0 Å². The molecular weight excluding hydrogens is 186 g/mol. The van der Waals surface area contributed by atoms with Crippen molar-refractivity contribution in [1.82, 2.24) is 5.32 Å². The summed E-state index contributed by atoms with van der Waals surface area (Å²) in [6.07, 6.45) is 9.66. The Morgan fingerprint density at radius 1 is 1.13 bits per heavy atom. The number of Topliss-reactive ketones (excluding diaryl/α,β-unsaturated/α-hetero) is 1. The number of nitrogens with one attached hydrogen (secondary N) is 1. The van der Waals surface area contributed by atoms with Crippen LogP contribution in [0.5, 0.6) is 0 Å². The Morgan fingerprint density at radius 3 is 2.40 bits per heavy atom. The van der Waals surface area contributed by atoms with E-state index in [0.717, 1.165) is 19.4 Å². The molecule has 1 saturated heterocycles. The summed E-state index contributed by atoms with van der Waals surface area (Å²) in [4.78, 5) is 12.1. The minimum Gasteiger partial charge on any atom is -0.305 e. The average Bonchev–Trinajstić information content (AvgIpc) is 2.51. The maximum atomic E-state index is 12.1. The number of carbonyl (C=O) groups excluding carboxylic acids is 1. The predicted octanol–water partition coefficient (Wildman–Crippen LogP) is 2.67.